The first-order valence-electron chi connectivity index (χ1n) is 9.40. The van der Waals surface area contributed by atoms with Gasteiger partial charge in [-0.25, -0.2) is 0 Å². The number of nitrogens with zero attached hydrogens (tertiary/aromatic N) is 1. The molecule has 9 heteroatoms. The maximum absolute atomic E-state index is 14.2. The van der Waals surface area contributed by atoms with E-state index in [0.717, 1.165) is 5.56 Å². The predicted octanol–water partition coefficient (Wildman–Crippen LogP) is 6.38. The molecule has 2 aromatic carbocycles. The van der Waals surface area contributed by atoms with Gasteiger partial charge in [0.2, 0.25) is 5.91 Å². The molecule has 2 aromatic rings. The number of rotatable bonds is 5. The lowest BCUT2D eigenvalue weighted by Gasteiger charge is -2.33. The number of benzene rings is 2. The van der Waals surface area contributed by atoms with Gasteiger partial charge in [-0.2, -0.15) is 13.2 Å². The van der Waals surface area contributed by atoms with Gasteiger partial charge in [0.25, 0.3) is 0 Å². The Balaban J connectivity index is 1.85. The van der Waals surface area contributed by atoms with Crippen molar-refractivity contribution in [2.24, 2.45) is 0 Å². The molecule has 162 valence electrons. The van der Waals surface area contributed by atoms with Crippen LogP contribution in [0.5, 0.6) is 0 Å². The summed E-state index contributed by atoms with van der Waals surface area (Å²) in [6.07, 6.45) is -4.23. The number of hydrogen-bond acceptors (Lipinski definition) is 2. The smallest absolute Gasteiger partial charge is 0.370 e. The Morgan fingerprint density at radius 1 is 1.13 bits per heavy atom. The lowest BCUT2D eigenvalue weighted by atomic mass is 9.79. The molecule has 1 heterocycles. The maximum Gasteiger partial charge on any atom is 0.400 e. The number of carbonyl (C=O) groups excluding carboxylic acids is 1. The monoisotopic (exact) mass is 478 g/mol. The minimum absolute atomic E-state index is 0.000258. The molecule has 1 atom stereocenters. The quantitative estimate of drug-likeness (QED) is 0.504. The van der Waals surface area contributed by atoms with Crippen LogP contribution in [0.2, 0.25) is 15.1 Å². The molecule has 3 nitrogen and oxygen atoms in total. The molecule has 0 aromatic heterocycles. The van der Waals surface area contributed by atoms with Crippen molar-refractivity contribution in [3.8, 4) is 0 Å². The number of carbonyl (C=O) groups is 1. The Labute approximate surface area is 188 Å². The molecule has 1 amide bonds. The van der Waals surface area contributed by atoms with Crippen molar-refractivity contribution in [1.82, 2.24) is 5.32 Å². The van der Waals surface area contributed by atoms with Gasteiger partial charge in [0.05, 0.1) is 15.1 Å². The number of alkyl halides is 3. The Morgan fingerprint density at radius 2 is 1.73 bits per heavy atom. The molecule has 1 N–H and O–H groups in total. The highest BCUT2D eigenvalue weighted by Crippen LogP contribution is 2.50. The zero-order valence-corrected chi connectivity index (χ0v) is 18.4. The van der Waals surface area contributed by atoms with Crippen LogP contribution in [-0.2, 0) is 16.8 Å². The molecule has 1 aliphatic heterocycles. The van der Waals surface area contributed by atoms with Crippen LogP contribution in [0.25, 0.3) is 0 Å². The van der Waals surface area contributed by atoms with Gasteiger partial charge in [0, 0.05) is 31.7 Å². The van der Waals surface area contributed by atoms with Crippen molar-refractivity contribution in [3.63, 3.8) is 0 Å². The first-order valence-corrected chi connectivity index (χ1v) is 10.5. The van der Waals surface area contributed by atoms with E-state index in [1.807, 2.05) is 0 Å². The molecule has 1 saturated heterocycles. The summed E-state index contributed by atoms with van der Waals surface area (Å²) >= 11 is 18.0. The summed E-state index contributed by atoms with van der Waals surface area (Å²) in [7, 11) is 0. The highest BCUT2D eigenvalue weighted by atomic mass is 35.5. The van der Waals surface area contributed by atoms with Crippen LogP contribution in [0, 0.1) is 0 Å². The normalized spacial score (nSPS) is 19.2. The van der Waals surface area contributed by atoms with E-state index < -0.39 is 11.6 Å². The zero-order chi connectivity index (χ0) is 22.1. The molecule has 0 bridgehead atoms. The van der Waals surface area contributed by atoms with Crippen LogP contribution in [0.1, 0.15) is 30.9 Å². The summed E-state index contributed by atoms with van der Waals surface area (Å²) in [4.78, 5) is 13.1. The maximum atomic E-state index is 14.2. The van der Waals surface area contributed by atoms with Gasteiger partial charge in [0.1, 0.15) is 5.41 Å². The van der Waals surface area contributed by atoms with E-state index in [1.165, 1.54) is 12.1 Å². The van der Waals surface area contributed by atoms with Crippen LogP contribution in [-0.4, -0.2) is 25.2 Å². The fourth-order valence-electron chi connectivity index (χ4n) is 3.64. The topological polar surface area (TPSA) is 32.3 Å². The zero-order valence-electron chi connectivity index (χ0n) is 16.1. The van der Waals surface area contributed by atoms with E-state index in [2.05, 4.69) is 5.32 Å². The number of anilines is 1. The molecule has 0 aliphatic carbocycles. The molecule has 0 spiro atoms. The average Bonchev–Trinajstić information content (AvgIpc) is 3.17. The highest BCUT2D eigenvalue weighted by molar-refractivity contribution is 6.48. The van der Waals surface area contributed by atoms with Crippen LogP contribution in [0.3, 0.4) is 0 Å². The van der Waals surface area contributed by atoms with E-state index in [0.29, 0.717) is 18.7 Å². The lowest BCUT2D eigenvalue weighted by Crippen LogP contribution is -2.44. The molecular weight excluding hydrogens is 460 g/mol. The molecular formula is C21H20Cl3F3N2O. The first-order chi connectivity index (χ1) is 14.1. The third kappa shape index (κ3) is 4.51. The van der Waals surface area contributed by atoms with Gasteiger partial charge < -0.3 is 10.2 Å². The minimum Gasteiger partial charge on any atom is -0.370 e. The molecule has 1 unspecified atom stereocenters. The molecule has 1 aliphatic rings. The van der Waals surface area contributed by atoms with E-state index in [-0.39, 0.29) is 46.0 Å². The number of nitrogens with one attached hydrogen (secondary N) is 1. The van der Waals surface area contributed by atoms with Gasteiger partial charge in [-0.1, -0.05) is 53.9 Å². The predicted molar refractivity (Wildman–Crippen MR) is 115 cm³/mol. The highest BCUT2D eigenvalue weighted by Gasteiger charge is 2.59. The molecule has 0 radical (unpaired) electrons. The van der Waals surface area contributed by atoms with Gasteiger partial charge in [0.15, 0.2) is 0 Å². The second kappa shape index (κ2) is 8.85. The van der Waals surface area contributed by atoms with Crippen molar-refractivity contribution < 1.29 is 18.0 Å². The number of amides is 1. The third-order valence-corrected chi connectivity index (χ3v) is 6.66. The minimum atomic E-state index is -4.49. The van der Waals surface area contributed by atoms with Crippen molar-refractivity contribution in [1.29, 1.82) is 0 Å². The third-order valence-electron chi connectivity index (χ3n) is 5.46. The number of hydrogen-bond donors (Lipinski definition) is 1. The van der Waals surface area contributed by atoms with Crippen LogP contribution >= 0.6 is 34.8 Å². The molecule has 30 heavy (non-hydrogen) atoms. The summed E-state index contributed by atoms with van der Waals surface area (Å²) in [5, 5.41) is 2.81. The second-order valence-corrected chi connectivity index (χ2v) is 8.49. The first kappa shape index (κ1) is 23.0. The van der Waals surface area contributed by atoms with Gasteiger partial charge in [-0.15, -0.1) is 0 Å². The fraction of sp³-hybridized carbons (Fsp3) is 0.381. The summed E-state index contributed by atoms with van der Waals surface area (Å²) < 4.78 is 42.7. The summed E-state index contributed by atoms with van der Waals surface area (Å²) in [5.41, 5.74) is -0.537. The van der Waals surface area contributed by atoms with Crippen LogP contribution in [0.4, 0.5) is 18.9 Å². The van der Waals surface area contributed by atoms with Gasteiger partial charge >= 0.3 is 6.18 Å². The summed E-state index contributed by atoms with van der Waals surface area (Å²) in [6.45, 7) is 2.11. The largest absolute Gasteiger partial charge is 0.400 e. The fourth-order valence-corrected chi connectivity index (χ4v) is 4.24. The SMILES string of the molecule is CCC(=O)NCc1ccc(N2CCC(c3cc(Cl)c(Cl)c(Cl)c3)(C(F)(F)F)C2)cc1. The number of halogens is 6. The Bertz CT molecular complexity index is 911. The standard InChI is InChI=1S/C21H20Cl3F3N2O/c1-2-18(30)28-11-13-3-5-15(6-4-13)29-8-7-20(12-29,21(25,26)27)14-9-16(22)19(24)17(23)10-14/h3-6,9-10H,2,7-8,11-12H2,1H3,(H,28,30). The van der Waals surface area contributed by atoms with Crippen molar-refractivity contribution in [2.75, 3.05) is 18.0 Å². The lowest BCUT2D eigenvalue weighted by molar-refractivity contribution is -0.184. The Hall–Kier alpha value is -1.63. The Morgan fingerprint density at radius 3 is 2.27 bits per heavy atom. The molecule has 3 rings (SSSR count). The van der Waals surface area contributed by atoms with Crippen LogP contribution in [0.15, 0.2) is 36.4 Å². The summed E-state index contributed by atoms with van der Waals surface area (Å²) in [6, 6.07) is 9.64. The van der Waals surface area contributed by atoms with Gasteiger partial charge in [-0.05, 0) is 41.8 Å². The van der Waals surface area contributed by atoms with Crippen molar-refractivity contribution >= 4 is 46.4 Å². The average molecular weight is 480 g/mol. The Kier molecular flexibility index (Phi) is 6.80. The van der Waals surface area contributed by atoms with E-state index >= 15 is 0 Å². The van der Waals surface area contributed by atoms with Gasteiger partial charge in [-0.3, -0.25) is 4.79 Å². The van der Waals surface area contributed by atoms with E-state index in [4.69, 9.17) is 34.8 Å². The molecule has 1 fully saturated rings. The van der Waals surface area contributed by atoms with E-state index in [1.54, 1.807) is 36.1 Å². The second-order valence-electron chi connectivity index (χ2n) is 7.30. The van der Waals surface area contributed by atoms with Crippen molar-refractivity contribution in [2.45, 2.75) is 37.9 Å². The summed E-state index contributed by atoms with van der Waals surface area (Å²) in [5.74, 6) is -0.0612. The van der Waals surface area contributed by atoms with Crippen LogP contribution < -0.4 is 10.2 Å². The van der Waals surface area contributed by atoms with Crippen molar-refractivity contribution in [3.05, 3.63) is 62.6 Å². The molecule has 0 saturated carbocycles. The van der Waals surface area contributed by atoms with E-state index in [9.17, 15) is 18.0 Å².